The molecule has 0 bridgehead atoms. The van der Waals surface area contributed by atoms with Gasteiger partial charge in [-0.1, -0.05) is 27.4 Å². The smallest absolute Gasteiger partial charge is 0.162 e. The standard InChI is InChI=1S/C18H20O4.C2H6O.C2H6/c1-8-6-13(19)10(3)17-15(8)12(5)21-18-11(4)14(20)7-9(2)16(18)22-17;1-3-2;1-2/h6,9,16,19H,5,7H2,1-4H3;1-2H3;1-2H3. The summed E-state index contributed by atoms with van der Waals surface area (Å²) in [6, 6.07) is 1.68. The van der Waals surface area contributed by atoms with Crippen molar-refractivity contribution < 1.29 is 24.1 Å². The Hall–Kier alpha value is -2.27. The number of aryl methyl sites for hydroxylation is 1. The molecule has 150 valence electrons. The Labute approximate surface area is 162 Å². The third kappa shape index (κ3) is 4.53. The first-order chi connectivity index (χ1) is 12.7. The Morgan fingerprint density at radius 3 is 2.33 bits per heavy atom. The van der Waals surface area contributed by atoms with Crippen LogP contribution in [0.1, 0.15) is 50.8 Å². The van der Waals surface area contributed by atoms with Crippen molar-refractivity contribution in [2.75, 3.05) is 14.2 Å². The lowest BCUT2D eigenvalue weighted by molar-refractivity contribution is -0.118. The maximum Gasteiger partial charge on any atom is 0.162 e. The maximum absolute atomic E-state index is 12.1. The van der Waals surface area contributed by atoms with Crippen LogP contribution in [0.2, 0.25) is 0 Å². The first-order valence-electron chi connectivity index (χ1n) is 9.23. The highest BCUT2D eigenvalue weighted by Gasteiger charge is 2.39. The second-order valence-corrected chi connectivity index (χ2v) is 6.61. The molecule has 1 aromatic rings. The number of carbonyl (C=O) groups is 1. The van der Waals surface area contributed by atoms with Crippen molar-refractivity contribution in [1.82, 2.24) is 0 Å². The molecule has 3 rings (SSSR count). The number of allylic oxidation sites excluding steroid dienone is 1. The predicted molar refractivity (Wildman–Crippen MR) is 108 cm³/mol. The molecule has 1 N–H and O–H groups in total. The van der Waals surface area contributed by atoms with E-state index in [9.17, 15) is 9.90 Å². The summed E-state index contributed by atoms with van der Waals surface area (Å²) in [5.41, 5.74) is 2.84. The number of benzene rings is 1. The topological polar surface area (TPSA) is 65.0 Å². The van der Waals surface area contributed by atoms with Gasteiger partial charge in [0.2, 0.25) is 0 Å². The van der Waals surface area contributed by atoms with Crippen LogP contribution >= 0.6 is 0 Å². The molecule has 1 aromatic carbocycles. The lowest BCUT2D eigenvalue weighted by atomic mass is 9.86. The van der Waals surface area contributed by atoms with Crippen LogP contribution in [0.15, 0.2) is 24.0 Å². The van der Waals surface area contributed by atoms with Crippen molar-refractivity contribution in [3.05, 3.63) is 40.7 Å². The molecule has 1 heterocycles. The number of carbonyl (C=O) groups excluding carboxylic acids is 1. The van der Waals surface area contributed by atoms with E-state index in [1.165, 1.54) is 0 Å². The number of rotatable bonds is 0. The van der Waals surface area contributed by atoms with Gasteiger partial charge in [-0.05, 0) is 32.4 Å². The highest BCUT2D eigenvalue weighted by molar-refractivity contribution is 5.97. The molecule has 0 fully saturated rings. The number of Topliss-reactive ketones (excluding diaryl/α,β-unsaturated/α-hetero) is 1. The minimum atomic E-state index is -0.337. The normalized spacial score (nSPS) is 20.6. The molecule has 1 aliphatic carbocycles. The quantitative estimate of drug-likeness (QED) is 0.695. The summed E-state index contributed by atoms with van der Waals surface area (Å²) in [7, 11) is 3.25. The van der Waals surface area contributed by atoms with E-state index in [1.807, 2.05) is 27.7 Å². The fraction of sp³-hybridized carbons (Fsp3) is 0.500. The van der Waals surface area contributed by atoms with Gasteiger partial charge in [0.1, 0.15) is 17.3 Å². The molecule has 27 heavy (non-hydrogen) atoms. The molecule has 0 aromatic heterocycles. The van der Waals surface area contributed by atoms with E-state index in [4.69, 9.17) is 9.47 Å². The third-order valence-electron chi connectivity index (χ3n) is 4.53. The summed E-state index contributed by atoms with van der Waals surface area (Å²) in [6.45, 7) is 15.4. The van der Waals surface area contributed by atoms with E-state index in [1.54, 1.807) is 34.1 Å². The SMILES string of the molecule is C=C1OC2=C(C)C(=O)CC(C)C2Oc2c(C)c(O)cc(C)c21.CC.COC. The molecule has 0 radical (unpaired) electrons. The number of hydrogen-bond donors (Lipinski definition) is 1. The van der Waals surface area contributed by atoms with Gasteiger partial charge in [0, 0.05) is 37.7 Å². The zero-order chi connectivity index (χ0) is 20.9. The van der Waals surface area contributed by atoms with Crippen LogP contribution in [-0.2, 0) is 14.3 Å². The van der Waals surface area contributed by atoms with Gasteiger partial charge in [-0.2, -0.15) is 0 Å². The Kier molecular flexibility index (Phi) is 8.10. The van der Waals surface area contributed by atoms with E-state index in [0.717, 1.165) is 11.1 Å². The Morgan fingerprint density at radius 2 is 1.78 bits per heavy atom. The zero-order valence-electron chi connectivity index (χ0n) is 17.7. The summed E-state index contributed by atoms with van der Waals surface area (Å²) in [5, 5.41) is 10.1. The van der Waals surface area contributed by atoms with Crippen LogP contribution < -0.4 is 4.74 Å². The molecular weight excluding hydrogens is 344 g/mol. The van der Waals surface area contributed by atoms with Gasteiger partial charge in [0.15, 0.2) is 17.6 Å². The van der Waals surface area contributed by atoms with Crippen LogP contribution in [0.3, 0.4) is 0 Å². The average molecular weight is 376 g/mol. The largest absolute Gasteiger partial charge is 0.508 e. The molecule has 0 spiro atoms. The van der Waals surface area contributed by atoms with E-state index >= 15 is 0 Å². The molecule has 1 aliphatic heterocycles. The van der Waals surface area contributed by atoms with Crippen LogP contribution in [0.4, 0.5) is 0 Å². The minimum Gasteiger partial charge on any atom is -0.508 e. The first-order valence-corrected chi connectivity index (χ1v) is 9.23. The molecule has 2 aliphatic rings. The fourth-order valence-electron chi connectivity index (χ4n) is 3.14. The number of phenolic OH excluding ortho intramolecular Hbond substituents is 1. The number of ether oxygens (including phenoxy) is 3. The number of phenols is 1. The van der Waals surface area contributed by atoms with E-state index < -0.39 is 0 Å². The number of hydrogen-bond acceptors (Lipinski definition) is 5. The van der Waals surface area contributed by atoms with Gasteiger partial charge in [-0.3, -0.25) is 4.79 Å². The van der Waals surface area contributed by atoms with Gasteiger partial charge in [-0.15, -0.1) is 0 Å². The minimum absolute atomic E-state index is 0.00649. The summed E-state index contributed by atoms with van der Waals surface area (Å²) in [6.07, 6.45) is 0.0951. The number of fused-ring (bicyclic) bond motifs is 2. The lowest BCUT2D eigenvalue weighted by Gasteiger charge is -2.30. The van der Waals surface area contributed by atoms with E-state index in [2.05, 4.69) is 11.3 Å². The van der Waals surface area contributed by atoms with Crippen molar-refractivity contribution >= 4 is 11.5 Å². The first kappa shape index (κ1) is 22.8. The molecule has 2 atom stereocenters. The van der Waals surface area contributed by atoms with Gasteiger partial charge in [0.25, 0.3) is 0 Å². The summed E-state index contributed by atoms with van der Waals surface area (Å²) in [4.78, 5) is 12.1. The van der Waals surface area contributed by atoms with Gasteiger partial charge < -0.3 is 19.3 Å². The van der Waals surface area contributed by atoms with Crippen molar-refractivity contribution in [3.8, 4) is 11.5 Å². The predicted octanol–water partition coefficient (Wildman–Crippen LogP) is 4.93. The van der Waals surface area contributed by atoms with Gasteiger partial charge in [0.05, 0.1) is 5.56 Å². The van der Waals surface area contributed by atoms with Crippen molar-refractivity contribution in [1.29, 1.82) is 0 Å². The molecule has 0 amide bonds. The average Bonchev–Trinajstić information content (AvgIpc) is 2.77. The summed E-state index contributed by atoms with van der Waals surface area (Å²) in [5.74, 6) is 1.87. The monoisotopic (exact) mass is 376 g/mol. The van der Waals surface area contributed by atoms with Crippen LogP contribution in [0.25, 0.3) is 5.76 Å². The maximum atomic E-state index is 12.1. The molecule has 0 saturated heterocycles. The zero-order valence-corrected chi connectivity index (χ0v) is 17.7. The summed E-state index contributed by atoms with van der Waals surface area (Å²) < 4.78 is 16.4. The summed E-state index contributed by atoms with van der Waals surface area (Å²) >= 11 is 0. The Morgan fingerprint density at radius 1 is 1.22 bits per heavy atom. The van der Waals surface area contributed by atoms with E-state index in [0.29, 0.717) is 34.8 Å². The van der Waals surface area contributed by atoms with Crippen molar-refractivity contribution in [3.63, 3.8) is 0 Å². The molecule has 0 saturated carbocycles. The second-order valence-electron chi connectivity index (χ2n) is 6.61. The van der Waals surface area contributed by atoms with Crippen LogP contribution in [-0.4, -0.2) is 31.2 Å². The fourth-order valence-corrected chi connectivity index (χ4v) is 3.14. The molecule has 5 heteroatoms. The Bertz CT molecular complexity index is 746. The third-order valence-corrected chi connectivity index (χ3v) is 4.53. The molecule has 5 nitrogen and oxygen atoms in total. The second kappa shape index (κ2) is 9.60. The molecule has 2 unspecified atom stereocenters. The number of methoxy groups -OCH3 is 1. The highest BCUT2D eigenvalue weighted by Crippen LogP contribution is 2.45. The Balaban J connectivity index is 0.000000665. The molecular formula is C22H32O5. The van der Waals surface area contributed by atoms with Gasteiger partial charge in [-0.25, -0.2) is 0 Å². The van der Waals surface area contributed by atoms with Crippen LogP contribution in [0.5, 0.6) is 11.5 Å². The van der Waals surface area contributed by atoms with E-state index in [-0.39, 0.29) is 23.6 Å². The number of ketones is 1. The van der Waals surface area contributed by atoms with Crippen LogP contribution in [0, 0.1) is 19.8 Å². The van der Waals surface area contributed by atoms with Gasteiger partial charge >= 0.3 is 0 Å². The van der Waals surface area contributed by atoms with Crippen molar-refractivity contribution in [2.24, 2.45) is 5.92 Å². The van der Waals surface area contributed by atoms with Crippen molar-refractivity contribution in [2.45, 2.75) is 54.1 Å². The highest BCUT2D eigenvalue weighted by atomic mass is 16.6. The lowest BCUT2D eigenvalue weighted by Crippen LogP contribution is -2.35. The number of aromatic hydroxyl groups is 1.